The summed E-state index contributed by atoms with van der Waals surface area (Å²) in [5, 5.41) is 3.29. The molecule has 1 aliphatic rings. The third kappa shape index (κ3) is 4.21. The minimum atomic E-state index is -1.73. The monoisotopic (exact) mass is 412 g/mol. The molecule has 2 rings (SSSR count). The van der Waals surface area contributed by atoms with Gasteiger partial charge in [0, 0.05) is 16.6 Å². The third-order valence-electron chi connectivity index (χ3n) is 5.22. The number of hydrogen-bond donors (Lipinski definition) is 2. The van der Waals surface area contributed by atoms with Crippen LogP contribution in [0.3, 0.4) is 0 Å². The number of nitrogens with one attached hydrogen (secondary N) is 1. The SMILES string of the molecule is Cc1cc(Br)c(N)c(C(=O)NC2CC(O[Si](C)(C)C(C)(C)C)C2)c1. The second kappa shape index (κ2) is 6.81. The second-order valence-electron chi connectivity index (χ2n) is 8.35. The topological polar surface area (TPSA) is 64.4 Å². The van der Waals surface area contributed by atoms with E-state index >= 15 is 0 Å². The van der Waals surface area contributed by atoms with E-state index < -0.39 is 8.32 Å². The Bertz CT molecular complexity index is 635. The van der Waals surface area contributed by atoms with Crippen LogP contribution in [0.4, 0.5) is 5.69 Å². The number of carbonyl (C=O) groups is 1. The van der Waals surface area contributed by atoms with E-state index in [1.807, 2.05) is 19.1 Å². The predicted molar refractivity (Wildman–Crippen MR) is 106 cm³/mol. The molecule has 1 saturated carbocycles. The molecule has 1 aromatic rings. The van der Waals surface area contributed by atoms with Crippen molar-refractivity contribution < 1.29 is 9.22 Å². The Morgan fingerprint density at radius 3 is 2.46 bits per heavy atom. The van der Waals surface area contributed by atoms with Crippen LogP contribution in [0.15, 0.2) is 16.6 Å². The lowest BCUT2D eigenvalue weighted by atomic mass is 9.89. The molecule has 0 aliphatic heterocycles. The standard InChI is InChI=1S/C18H29BrN2O2Si/c1-11-7-14(16(20)15(19)8-11)17(22)21-12-9-13(10-12)23-24(5,6)18(2,3)4/h7-8,12-13H,9-10,20H2,1-6H3,(H,21,22). The zero-order valence-corrected chi connectivity index (χ0v) is 18.1. The first-order valence-electron chi connectivity index (χ1n) is 8.45. The molecule has 3 N–H and O–H groups in total. The Hall–Kier alpha value is -0.853. The number of halogens is 1. The van der Waals surface area contributed by atoms with Crippen LogP contribution in [-0.4, -0.2) is 26.4 Å². The molecule has 0 unspecified atom stereocenters. The van der Waals surface area contributed by atoms with Crippen molar-refractivity contribution >= 4 is 35.8 Å². The summed E-state index contributed by atoms with van der Waals surface area (Å²) in [5.41, 5.74) is 8.06. The van der Waals surface area contributed by atoms with Gasteiger partial charge in [0.15, 0.2) is 8.32 Å². The van der Waals surface area contributed by atoms with E-state index in [0.717, 1.165) is 22.9 Å². The highest BCUT2D eigenvalue weighted by Crippen LogP contribution is 2.40. The molecule has 4 nitrogen and oxygen atoms in total. The summed E-state index contributed by atoms with van der Waals surface area (Å²) in [4.78, 5) is 12.5. The first-order chi connectivity index (χ1) is 10.9. The summed E-state index contributed by atoms with van der Waals surface area (Å²) in [6.07, 6.45) is 2.02. The van der Waals surface area contributed by atoms with Gasteiger partial charge in [-0.25, -0.2) is 0 Å². The van der Waals surface area contributed by atoms with Gasteiger partial charge in [0.25, 0.3) is 5.91 Å². The normalized spacial score (nSPS) is 21.3. The number of rotatable bonds is 4. The van der Waals surface area contributed by atoms with E-state index in [1.54, 1.807) is 0 Å². The average Bonchev–Trinajstić information content (AvgIpc) is 2.38. The van der Waals surface area contributed by atoms with Crippen LogP contribution in [0.2, 0.25) is 18.1 Å². The second-order valence-corrected chi connectivity index (χ2v) is 14.0. The molecule has 0 heterocycles. The Balaban J connectivity index is 1.91. The van der Waals surface area contributed by atoms with E-state index in [4.69, 9.17) is 10.2 Å². The molecule has 0 saturated heterocycles. The lowest BCUT2D eigenvalue weighted by Gasteiger charge is -2.45. The molecule has 134 valence electrons. The molecule has 1 fully saturated rings. The lowest BCUT2D eigenvalue weighted by molar-refractivity contribution is 0.0628. The molecule has 0 atom stereocenters. The lowest BCUT2D eigenvalue weighted by Crippen LogP contribution is -2.53. The van der Waals surface area contributed by atoms with Gasteiger partial charge < -0.3 is 15.5 Å². The van der Waals surface area contributed by atoms with Crippen molar-refractivity contribution in [1.82, 2.24) is 5.32 Å². The van der Waals surface area contributed by atoms with Gasteiger partial charge in [-0.2, -0.15) is 0 Å². The molecule has 0 bridgehead atoms. The molecule has 6 heteroatoms. The molecule has 24 heavy (non-hydrogen) atoms. The van der Waals surface area contributed by atoms with Gasteiger partial charge in [0.2, 0.25) is 0 Å². The van der Waals surface area contributed by atoms with Gasteiger partial charge in [-0.05, 0) is 71.5 Å². The maximum Gasteiger partial charge on any atom is 0.253 e. The van der Waals surface area contributed by atoms with Crippen LogP contribution in [0, 0.1) is 6.92 Å². The van der Waals surface area contributed by atoms with Gasteiger partial charge >= 0.3 is 0 Å². The van der Waals surface area contributed by atoms with Gasteiger partial charge in [-0.15, -0.1) is 0 Å². The maximum atomic E-state index is 12.5. The molecule has 1 aromatic carbocycles. The van der Waals surface area contributed by atoms with Crippen molar-refractivity contribution in [3.05, 3.63) is 27.7 Å². The van der Waals surface area contributed by atoms with Gasteiger partial charge in [0.1, 0.15) is 0 Å². The minimum absolute atomic E-state index is 0.104. The van der Waals surface area contributed by atoms with E-state index in [2.05, 4.69) is 55.1 Å². The Labute approximate surface area is 154 Å². The predicted octanol–water partition coefficient (Wildman–Crippen LogP) is 4.62. The number of anilines is 1. The number of benzene rings is 1. The fourth-order valence-electron chi connectivity index (χ4n) is 2.58. The number of carbonyl (C=O) groups excluding carboxylic acids is 1. The van der Waals surface area contributed by atoms with Crippen molar-refractivity contribution in [1.29, 1.82) is 0 Å². The van der Waals surface area contributed by atoms with E-state index in [1.165, 1.54) is 0 Å². The maximum absolute atomic E-state index is 12.5. The fourth-order valence-corrected chi connectivity index (χ4v) is 4.53. The smallest absolute Gasteiger partial charge is 0.253 e. The third-order valence-corrected chi connectivity index (χ3v) is 10.4. The Morgan fingerprint density at radius 1 is 1.33 bits per heavy atom. The molecular weight excluding hydrogens is 384 g/mol. The molecule has 0 aromatic heterocycles. The highest BCUT2D eigenvalue weighted by Gasteiger charge is 2.42. The number of nitrogen functional groups attached to an aromatic ring is 1. The summed E-state index contributed by atoms with van der Waals surface area (Å²) < 4.78 is 7.14. The summed E-state index contributed by atoms with van der Waals surface area (Å²) in [6, 6.07) is 3.92. The Kier molecular flexibility index (Phi) is 5.52. The molecule has 0 radical (unpaired) electrons. The average molecular weight is 413 g/mol. The molecule has 1 aliphatic carbocycles. The van der Waals surface area contributed by atoms with Crippen molar-refractivity contribution in [3.8, 4) is 0 Å². The summed E-state index contributed by atoms with van der Waals surface area (Å²) in [7, 11) is -1.73. The van der Waals surface area contributed by atoms with Crippen LogP contribution in [0.5, 0.6) is 0 Å². The minimum Gasteiger partial charge on any atom is -0.414 e. The van der Waals surface area contributed by atoms with Crippen LogP contribution in [-0.2, 0) is 4.43 Å². The number of aryl methyl sites for hydroxylation is 1. The van der Waals surface area contributed by atoms with Crippen molar-refractivity contribution in [3.63, 3.8) is 0 Å². The first-order valence-corrected chi connectivity index (χ1v) is 12.1. The van der Waals surface area contributed by atoms with Crippen LogP contribution in [0.1, 0.15) is 49.5 Å². The van der Waals surface area contributed by atoms with Gasteiger partial charge in [-0.3, -0.25) is 4.79 Å². The van der Waals surface area contributed by atoms with Crippen LogP contribution in [0.25, 0.3) is 0 Å². The zero-order valence-electron chi connectivity index (χ0n) is 15.5. The van der Waals surface area contributed by atoms with Crippen molar-refractivity contribution in [2.75, 3.05) is 5.73 Å². The largest absolute Gasteiger partial charge is 0.414 e. The first kappa shape index (κ1) is 19.5. The van der Waals surface area contributed by atoms with Crippen LogP contribution >= 0.6 is 15.9 Å². The van der Waals surface area contributed by atoms with Gasteiger partial charge in [-0.1, -0.05) is 20.8 Å². The number of amides is 1. The number of hydrogen-bond acceptors (Lipinski definition) is 3. The molecular formula is C18H29BrN2O2Si. The van der Waals surface area contributed by atoms with Crippen LogP contribution < -0.4 is 11.1 Å². The Morgan fingerprint density at radius 2 is 1.92 bits per heavy atom. The summed E-state index contributed by atoms with van der Waals surface area (Å²) in [5.74, 6) is -0.104. The van der Waals surface area contributed by atoms with Gasteiger partial charge in [0.05, 0.1) is 11.3 Å². The van der Waals surface area contributed by atoms with E-state index in [-0.39, 0.29) is 23.1 Å². The summed E-state index contributed by atoms with van der Waals surface area (Å²) >= 11 is 3.40. The fraction of sp³-hybridized carbons (Fsp3) is 0.611. The highest BCUT2D eigenvalue weighted by molar-refractivity contribution is 9.10. The van der Waals surface area contributed by atoms with E-state index in [0.29, 0.717) is 11.3 Å². The zero-order chi connectivity index (χ0) is 18.3. The number of nitrogens with two attached hydrogens (primary N) is 1. The summed E-state index contributed by atoms with van der Waals surface area (Å²) in [6.45, 7) is 13.2. The molecule has 0 spiro atoms. The highest BCUT2D eigenvalue weighted by atomic mass is 79.9. The quantitative estimate of drug-likeness (QED) is 0.559. The molecule has 1 amide bonds. The van der Waals surface area contributed by atoms with E-state index in [9.17, 15) is 4.79 Å². The van der Waals surface area contributed by atoms with Crippen molar-refractivity contribution in [2.45, 2.75) is 70.8 Å². The van der Waals surface area contributed by atoms with Crippen molar-refractivity contribution in [2.24, 2.45) is 0 Å².